The number of ether oxygens (including phenoxy) is 1. The van der Waals surface area contributed by atoms with E-state index in [-0.39, 0.29) is 22.9 Å². The predicted octanol–water partition coefficient (Wildman–Crippen LogP) is 2.34. The highest BCUT2D eigenvalue weighted by Gasteiger charge is 2.33. The van der Waals surface area contributed by atoms with Crippen LogP contribution in [-0.2, 0) is 24.3 Å². The van der Waals surface area contributed by atoms with E-state index in [2.05, 4.69) is 0 Å². The van der Waals surface area contributed by atoms with Crippen LogP contribution in [0.25, 0.3) is 0 Å². The minimum Gasteiger partial charge on any atom is -0.452 e. The molecule has 0 radical (unpaired) electrons. The van der Waals surface area contributed by atoms with Gasteiger partial charge in [0, 0.05) is 19.1 Å². The molecule has 0 unspecified atom stereocenters. The van der Waals surface area contributed by atoms with Crippen LogP contribution in [0.5, 0.6) is 0 Å². The average Bonchev–Trinajstić information content (AvgIpc) is 2.61. The second-order valence-electron chi connectivity index (χ2n) is 7.58. The molecule has 0 bridgehead atoms. The average molecular weight is 411 g/mol. The summed E-state index contributed by atoms with van der Waals surface area (Å²) in [5.41, 5.74) is 0.939. The summed E-state index contributed by atoms with van der Waals surface area (Å²) in [5.74, 6) is -0.992. The lowest BCUT2D eigenvalue weighted by molar-refractivity contribution is -0.162. The molecular formula is C20H30N2O5S. The molecule has 1 aliphatic heterocycles. The van der Waals surface area contributed by atoms with Crippen LogP contribution < -0.4 is 0 Å². The zero-order chi connectivity index (χ0) is 21.1. The first kappa shape index (κ1) is 22.4. The van der Waals surface area contributed by atoms with E-state index in [1.54, 1.807) is 17.0 Å². The maximum absolute atomic E-state index is 12.7. The lowest BCUT2D eigenvalue weighted by Crippen LogP contribution is -2.51. The molecule has 8 heteroatoms. The Bertz CT molecular complexity index is 796. The Labute approximate surface area is 167 Å². The van der Waals surface area contributed by atoms with Crippen molar-refractivity contribution in [2.75, 3.05) is 13.6 Å². The molecule has 0 N–H and O–H groups in total. The van der Waals surface area contributed by atoms with Gasteiger partial charge in [-0.1, -0.05) is 17.7 Å². The van der Waals surface area contributed by atoms with E-state index < -0.39 is 28.6 Å². The van der Waals surface area contributed by atoms with Gasteiger partial charge >= 0.3 is 5.97 Å². The lowest BCUT2D eigenvalue weighted by Gasteiger charge is -2.40. The number of likely N-dealkylation sites (tertiary alicyclic amines) is 1. The van der Waals surface area contributed by atoms with Crippen LogP contribution in [-0.4, -0.2) is 61.3 Å². The monoisotopic (exact) mass is 410 g/mol. The standard InChI is InChI=1S/C20H30N2O5S/c1-14-9-11-18(12-10-14)28(25,26)21(5)13-19(23)27-17(4)20(24)22-15(2)7-6-8-16(22)3/h9-12,15-17H,6-8,13H2,1-5H3/t15-,16+,17-/m1/s1. The minimum absolute atomic E-state index is 0.0991. The number of hydrogen-bond acceptors (Lipinski definition) is 5. The normalized spacial score (nSPS) is 21.4. The van der Waals surface area contributed by atoms with Crippen molar-refractivity contribution >= 4 is 21.9 Å². The van der Waals surface area contributed by atoms with Gasteiger partial charge in [0.1, 0.15) is 6.54 Å². The first-order valence-corrected chi connectivity index (χ1v) is 11.0. The van der Waals surface area contributed by atoms with E-state index in [0.717, 1.165) is 29.1 Å². The number of carbonyl (C=O) groups is 2. The van der Waals surface area contributed by atoms with Crippen LogP contribution >= 0.6 is 0 Å². The van der Waals surface area contributed by atoms with Gasteiger partial charge in [-0.25, -0.2) is 8.42 Å². The number of esters is 1. The number of sulfonamides is 1. The zero-order valence-electron chi connectivity index (χ0n) is 17.2. The van der Waals surface area contributed by atoms with Crippen molar-refractivity contribution in [2.45, 2.75) is 70.0 Å². The van der Waals surface area contributed by atoms with Gasteiger partial charge in [0.2, 0.25) is 10.0 Å². The molecule has 0 spiro atoms. The van der Waals surface area contributed by atoms with Gasteiger partial charge in [0.15, 0.2) is 6.10 Å². The number of nitrogens with zero attached hydrogens (tertiary/aromatic N) is 2. The molecule has 1 fully saturated rings. The number of piperidine rings is 1. The smallest absolute Gasteiger partial charge is 0.322 e. The van der Waals surface area contributed by atoms with Gasteiger partial charge in [-0.2, -0.15) is 4.31 Å². The molecule has 156 valence electrons. The number of amides is 1. The van der Waals surface area contributed by atoms with Crippen molar-refractivity contribution < 1.29 is 22.7 Å². The largest absolute Gasteiger partial charge is 0.452 e. The number of aryl methyl sites for hydroxylation is 1. The molecule has 28 heavy (non-hydrogen) atoms. The van der Waals surface area contributed by atoms with Crippen LogP contribution in [0, 0.1) is 6.92 Å². The molecule has 7 nitrogen and oxygen atoms in total. The SMILES string of the molecule is Cc1ccc(S(=O)(=O)N(C)CC(=O)O[C@H](C)C(=O)N2[C@H](C)CCC[C@@H]2C)cc1. The molecule has 1 amide bonds. The molecule has 1 aromatic rings. The highest BCUT2D eigenvalue weighted by Crippen LogP contribution is 2.24. The fourth-order valence-corrected chi connectivity index (χ4v) is 4.62. The summed E-state index contributed by atoms with van der Waals surface area (Å²) in [6.07, 6.45) is 1.97. The van der Waals surface area contributed by atoms with E-state index in [1.807, 2.05) is 20.8 Å². The molecule has 0 aliphatic carbocycles. The molecule has 0 aromatic heterocycles. The molecule has 3 atom stereocenters. The Morgan fingerprint density at radius 1 is 1.18 bits per heavy atom. The Kier molecular flexibility index (Phi) is 7.22. The maximum atomic E-state index is 12.7. The van der Waals surface area contributed by atoms with Crippen LogP contribution in [0.1, 0.15) is 45.6 Å². The number of benzene rings is 1. The summed E-state index contributed by atoms with van der Waals surface area (Å²) < 4.78 is 31.3. The fraction of sp³-hybridized carbons (Fsp3) is 0.600. The third-order valence-corrected chi connectivity index (χ3v) is 7.00. The summed E-state index contributed by atoms with van der Waals surface area (Å²) in [5, 5.41) is 0. The number of likely N-dealkylation sites (N-methyl/N-ethyl adjacent to an activating group) is 1. The third-order valence-electron chi connectivity index (χ3n) is 5.18. The van der Waals surface area contributed by atoms with Crippen molar-refractivity contribution in [1.29, 1.82) is 0 Å². The van der Waals surface area contributed by atoms with Crippen LogP contribution in [0.3, 0.4) is 0 Å². The molecule has 0 saturated carbocycles. The number of carbonyl (C=O) groups excluding carboxylic acids is 2. The third kappa shape index (κ3) is 5.11. The number of hydrogen-bond donors (Lipinski definition) is 0. The molecule has 2 rings (SSSR count). The van der Waals surface area contributed by atoms with Gasteiger partial charge in [-0.05, 0) is 59.1 Å². The topological polar surface area (TPSA) is 84.0 Å². The summed E-state index contributed by atoms with van der Waals surface area (Å²) in [7, 11) is -2.49. The zero-order valence-corrected chi connectivity index (χ0v) is 18.0. The van der Waals surface area contributed by atoms with E-state index in [4.69, 9.17) is 4.74 Å². The summed E-state index contributed by atoms with van der Waals surface area (Å²) >= 11 is 0. The van der Waals surface area contributed by atoms with Crippen molar-refractivity contribution in [3.8, 4) is 0 Å². The lowest BCUT2D eigenvalue weighted by atomic mass is 9.97. The molecule has 1 saturated heterocycles. The molecule has 1 aromatic carbocycles. The Morgan fingerprint density at radius 2 is 1.71 bits per heavy atom. The Balaban J connectivity index is 1.98. The highest BCUT2D eigenvalue weighted by atomic mass is 32.2. The Morgan fingerprint density at radius 3 is 2.25 bits per heavy atom. The van der Waals surface area contributed by atoms with Gasteiger partial charge < -0.3 is 9.64 Å². The van der Waals surface area contributed by atoms with Crippen molar-refractivity contribution in [3.63, 3.8) is 0 Å². The van der Waals surface area contributed by atoms with Crippen molar-refractivity contribution in [2.24, 2.45) is 0 Å². The minimum atomic E-state index is -3.81. The van der Waals surface area contributed by atoms with E-state index in [9.17, 15) is 18.0 Å². The van der Waals surface area contributed by atoms with Crippen LogP contribution in [0.4, 0.5) is 0 Å². The predicted molar refractivity (Wildman–Crippen MR) is 106 cm³/mol. The molecule has 1 aliphatic rings. The second kappa shape index (κ2) is 9.05. The van der Waals surface area contributed by atoms with Crippen LogP contribution in [0.2, 0.25) is 0 Å². The first-order valence-electron chi connectivity index (χ1n) is 9.58. The quantitative estimate of drug-likeness (QED) is 0.672. The summed E-state index contributed by atoms with van der Waals surface area (Å²) in [6.45, 7) is 6.91. The molecular weight excluding hydrogens is 380 g/mol. The van der Waals surface area contributed by atoms with E-state index in [1.165, 1.54) is 26.1 Å². The van der Waals surface area contributed by atoms with E-state index >= 15 is 0 Å². The fourth-order valence-electron chi connectivity index (χ4n) is 3.51. The van der Waals surface area contributed by atoms with Crippen molar-refractivity contribution in [3.05, 3.63) is 29.8 Å². The highest BCUT2D eigenvalue weighted by molar-refractivity contribution is 7.89. The number of rotatable bonds is 6. The van der Waals surface area contributed by atoms with Gasteiger partial charge in [0.05, 0.1) is 4.90 Å². The maximum Gasteiger partial charge on any atom is 0.322 e. The van der Waals surface area contributed by atoms with Crippen LogP contribution in [0.15, 0.2) is 29.2 Å². The van der Waals surface area contributed by atoms with Gasteiger partial charge in [0.25, 0.3) is 5.91 Å². The Hall–Kier alpha value is -1.93. The summed E-state index contributed by atoms with van der Waals surface area (Å²) in [4.78, 5) is 26.8. The van der Waals surface area contributed by atoms with Crippen molar-refractivity contribution in [1.82, 2.24) is 9.21 Å². The van der Waals surface area contributed by atoms with Gasteiger partial charge in [-0.3, -0.25) is 9.59 Å². The summed E-state index contributed by atoms with van der Waals surface area (Å²) in [6, 6.07) is 6.58. The second-order valence-corrected chi connectivity index (χ2v) is 9.63. The first-order chi connectivity index (χ1) is 13.0. The van der Waals surface area contributed by atoms with Gasteiger partial charge in [-0.15, -0.1) is 0 Å². The molecule has 1 heterocycles. The van der Waals surface area contributed by atoms with E-state index in [0.29, 0.717) is 0 Å².